The lowest BCUT2D eigenvalue weighted by Crippen LogP contribution is -2.43. The van der Waals surface area contributed by atoms with Crippen molar-refractivity contribution in [1.29, 1.82) is 0 Å². The molecule has 0 bridgehead atoms. The Morgan fingerprint density at radius 1 is 1.60 bits per heavy atom. The van der Waals surface area contributed by atoms with Gasteiger partial charge in [-0.1, -0.05) is 11.6 Å². The predicted octanol–water partition coefficient (Wildman–Crippen LogP) is 1.46. The summed E-state index contributed by atoms with van der Waals surface area (Å²) in [5.74, 6) is 0.785. The molecule has 1 N–H and O–H groups in total. The van der Waals surface area contributed by atoms with Crippen molar-refractivity contribution >= 4 is 17.4 Å². The van der Waals surface area contributed by atoms with E-state index in [0.717, 1.165) is 18.7 Å². The number of aromatic nitrogens is 1. The summed E-state index contributed by atoms with van der Waals surface area (Å²) in [5, 5.41) is 3.73. The molecule has 1 fully saturated rings. The smallest absolute Gasteiger partial charge is 0.137 e. The molecule has 0 aliphatic carbocycles. The van der Waals surface area contributed by atoms with Crippen LogP contribution >= 0.6 is 11.6 Å². The summed E-state index contributed by atoms with van der Waals surface area (Å²) in [6.45, 7) is 1.94. The van der Waals surface area contributed by atoms with Crippen molar-refractivity contribution in [3.05, 3.63) is 29.0 Å². The zero-order valence-corrected chi connectivity index (χ0v) is 9.13. The summed E-state index contributed by atoms with van der Waals surface area (Å²) in [5.41, 5.74) is 0.879. The highest BCUT2D eigenvalue weighted by Crippen LogP contribution is 2.16. The molecule has 0 radical (unpaired) electrons. The van der Waals surface area contributed by atoms with Gasteiger partial charge in [0, 0.05) is 25.2 Å². The largest absolute Gasteiger partial charge is 0.316 e. The van der Waals surface area contributed by atoms with Gasteiger partial charge in [0.05, 0.1) is 5.02 Å². The summed E-state index contributed by atoms with van der Waals surface area (Å²) in [6.07, 6.45) is 4.33. The van der Waals surface area contributed by atoms with E-state index in [2.05, 4.69) is 10.3 Å². The van der Waals surface area contributed by atoms with Crippen LogP contribution in [0.3, 0.4) is 0 Å². The van der Waals surface area contributed by atoms with E-state index in [-0.39, 0.29) is 5.78 Å². The Morgan fingerprint density at radius 2 is 2.40 bits per heavy atom. The van der Waals surface area contributed by atoms with Crippen LogP contribution in [0.25, 0.3) is 0 Å². The maximum atomic E-state index is 11.7. The molecule has 2 heterocycles. The highest BCUT2D eigenvalue weighted by molar-refractivity contribution is 6.31. The van der Waals surface area contributed by atoms with E-state index >= 15 is 0 Å². The van der Waals surface area contributed by atoms with Crippen LogP contribution in [0.2, 0.25) is 5.02 Å². The summed E-state index contributed by atoms with van der Waals surface area (Å²) >= 11 is 5.93. The van der Waals surface area contributed by atoms with Crippen molar-refractivity contribution in [1.82, 2.24) is 10.3 Å². The van der Waals surface area contributed by atoms with Gasteiger partial charge < -0.3 is 5.32 Å². The van der Waals surface area contributed by atoms with Crippen molar-refractivity contribution in [2.75, 3.05) is 13.1 Å². The molecule has 0 aromatic carbocycles. The normalized spacial score (nSPS) is 16.1. The summed E-state index contributed by atoms with van der Waals surface area (Å²) in [7, 11) is 0. The first-order valence-electron chi connectivity index (χ1n) is 5.06. The molecule has 2 rings (SSSR count). The second kappa shape index (κ2) is 4.73. The molecule has 1 aromatic rings. The average Bonchev–Trinajstić information content (AvgIpc) is 2.16. The Morgan fingerprint density at radius 3 is 3.00 bits per heavy atom. The Kier molecular flexibility index (Phi) is 3.34. The van der Waals surface area contributed by atoms with Crippen molar-refractivity contribution in [3.8, 4) is 0 Å². The van der Waals surface area contributed by atoms with Crippen molar-refractivity contribution in [3.63, 3.8) is 0 Å². The van der Waals surface area contributed by atoms with E-state index in [0.29, 0.717) is 23.8 Å². The average molecular weight is 225 g/mol. The Bertz CT molecular complexity index is 363. The van der Waals surface area contributed by atoms with Gasteiger partial charge in [-0.2, -0.15) is 0 Å². The third-order valence-corrected chi connectivity index (χ3v) is 2.97. The van der Waals surface area contributed by atoms with Crippen LogP contribution < -0.4 is 5.32 Å². The monoisotopic (exact) mass is 224 g/mol. The van der Waals surface area contributed by atoms with Gasteiger partial charge in [0.25, 0.3) is 0 Å². The minimum Gasteiger partial charge on any atom is -0.316 e. The lowest BCUT2D eigenvalue weighted by molar-refractivity contribution is -0.119. The number of ketones is 1. The molecule has 3 nitrogen and oxygen atoms in total. The minimum atomic E-state index is 0.259. The third kappa shape index (κ3) is 2.76. The number of nitrogens with one attached hydrogen (secondary N) is 1. The molecule has 0 atom stereocenters. The molecule has 80 valence electrons. The number of Topliss-reactive ketones (excluding diaryl/α,β-unsaturated/α-hetero) is 1. The maximum absolute atomic E-state index is 11.7. The molecule has 1 aliphatic rings. The fourth-order valence-corrected chi connectivity index (χ4v) is 1.83. The quantitative estimate of drug-likeness (QED) is 0.842. The van der Waals surface area contributed by atoms with E-state index in [4.69, 9.17) is 11.6 Å². The predicted molar refractivity (Wildman–Crippen MR) is 58.9 cm³/mol. The number of rotatable bonds is 4. The lowest BCUT2D eigenvalue weighted by Gasteiger charge is -2.26. The molecule has 1 aromatic heterocycles. The van der Waals surface area contributed by atoms with Gasteiger partial charge in [-0.3, -0.25) is 9.78 Å². The molecule has 0 amide bonds. The minimum absolute atomic E-state index is 0.259. The second-order valence-electron chi connectivity index (χ2n) is 3.91. The number of nitrogens with zero attached hydrogens (tertiary/aromatic N) is 1. The molecule has 0 unspecified atom stereocenters. The van der Waals surface area contributed by atoms with Crippen LogP contribution in [0.1, 0.15) is 12.0 Å². The molecule has 15 heavy (non-hydrogen) atoms. The number of pyridine rings is 1. The van der Waals surface area contributed by atoms with Crippen LogP contribution in [-0.2, 0) is 11.2 Å². The molecule has 0 spiro atoms. The maximum Gasteiger partial charge on any atom is 0.137 e. The Labute approximate surface area is 93.8 Å². The first-order valence-corrected chi connectivity index (χ1v) is 5.44. The summed E-state index contributed by atoms with van der Waals surface area (Å²) < 4.78 is 0. The van der Waals surface area contributed by atoms with Crippen molar-refractivity contribution < 1.29 is 4.79 Å². The first-order chi connectivity index (χ1) is 7.25. The summed E-state index contributed by atoms with van der Waals surface area (Å²) in [6, 6.07) is 1.80. The fourth-order valence-electron chi connectivity index (χ4n) is 1.65. The highest BCUT2D eigenvalue weighted by Gasteiger charge is 2.20. The van der Waals surface area contributed by atoms with Gasteiger partial charge >= 0.3 is 0 Å². The zero-order chi connectivity index (χ0) is 10.7. The number of carbonyl (C=O) groups is 1. The molecule has 1 aliphatic heterocycles. The van der Waals surface area contributed by atoms with Gasteiger partial charge in [-0.25, -0.2) is 0 Å². The number of carbonyl (C=O) groups excluding carboxylic acids is 1. The topological polar surface area (TPSA) is 42.0 Å². The van der Waals surface area contributed by atoms with Crippen LogP contribution in [-0.4, -0.2) is 23.9 Å². The van der Waals surface area contributed by atoms with E-state index in [1.807, 2.05) is 0 Å². The molecule has 4 heteroatoms. The van der Waals surface area contributed by atoms with Gasteiger partial charge in [0.2, 0.25) is 0 Å². The molecule has 0 saturated carbocycles. The van der Waals surface area contributed by atoms with Gasteiger partial charge in [0.1, 0.15) is 5.78 Å². The van der Waals surface area contributed by atoms with E-state index in [9.17, 15) is 4.79 Å². The number of hydrogen-bond donors (Lipinski definition) is 1. The Hall–Kier alpha value is -0.930. The summed E-state index contributed by atoms with van der Waals surface area (Å²) in [4.78, 5) is 15.5. The van der Waals surface area contributed by atoms with Gasteiger partial charge in [-0.05, 0) is 30.6 Å². The second-order valence-corrected chi connectivity index (χ2v) is 4.32. The van der Waals surface area contributed by atoms with Crippen LogP contribution in [0.15, 0.2) is 18.5 Å². The number of halogens is 1. The van der Waals surface area contributed by atoms with Gasteiger partial charge in [-0.15, -0.1) is 0 Å². The van der Waals surface area contributed by atoms with E-state index in [1.54, 1.807) is 18.5 Å². The third-order valence-electron chi connectivity index (χ3n) is 2.63. The first kappa shape index (κ1) is 10.6. The van der Waals surface area contributed by atoms with E-state index in [1.165, 1.54) is 0 Å². The van der Waals surface area contributed by atoms with Gasteiger partial charge in [0.15, 0.2) is 0 Å². The standard InChI is InChI=1S/C11H13ClN2O/c12-11-7-13-2-1-9(11)4-10(15)3-8-5-14-6-8/h1-2,7-8,14H,3-6H2. The van der Waals surface area contributed by atoms with Crippen LogP contribution in [0.5, 0.6) is 0 Å². The molecular weight excluding hydrogens is 212 g/mol. The fraction of sp³-hybridized carbons (Fsp3) is 0.455. The molecule has 1 saturated heterocycles. The van der Waals surface area contributed by atoms with Crippen LogP contribution in [0, 0.1) is 5.92 Å². The van der Waals surface area contributed by atoms with E-state index < -0.39 is 0 Å². The van der Waals surface area contributed by atoms with Crippen molar-refractivity contribution in [2.45, 2.75) is 12.8 Å². The number of hydrogen-bond acceptors (Lipinski definition) is 3. The van der Waals surface area contributed by atoms with Crippen LogP contribution in [0.4, 0.5) is 0 Å². The SMILES string of the molecule is O=C(Cc1ccncc1Cl)CC1CNC1. The molecular formula is C11H13ClN2O. The Balaban J connectivity index is 1.90. The lowest BCUT2D eigenvalue weighted by atomic mass is 9.94. The zero-order valence-electron chi connectivity index (χ0n) is 8.37. The van der Waals surface area contributed by atoms with Crippen molar-refractivity contribution in [2.24, 2.45) is 5.92 Å². The highest BCUT2D eigenvalue weighted by atomic mass is 35.5.